The lowest BCUT2D eigenvalue weighted by molar-refractivity contribution is -0.136. The first-order chi connectivity index (χ1) is 25.1. The first kappa shape index (κ1) is 35.1. The molecule has 0 saturated carbocycles. The Balaban J connectivity index is 1.12. The van der Waals surface area contributed by atoms with Crippen LogP contribution in [0.15, 0.2) is 91.4 Å². The second-order valence-electron chi connectivity index (χ2n) is 14.0. The van der Waals surface area contributed by atoms with E-state index in [4.69, 9.17) is 21.1 Å². The molecule has 10 nitrogen and oxygen atoms in total. The van der Waals surface area contributed by atoms with Crippen molar-refractivity contribution < 1.29 is 23.9 Å². The van der Waals surface area contributed by atoms with Crippen LogP contribution in [0.1, 0.15) is 40.9 Å². The van der Waals surface area contributed by atoms with Gasteiger partial charge in [0.25, 0.3) is 5.91 Å². The molecular weight excluding hydrogens is 678 g/mol. The summed E-state index contributed by atoms with van der Waals surface area (Å²) in [6.45, 7) is 5.37. The number of fused-ring (bicyclic) bond motifs is 2. The predicted octanol–water partition coefficient (Wildman–Crippen LogP) is 6.63. The number of aromatic amines is 1. The molecule has 2 fully saturated rings. The smallest absolute Gasteiger partial charge is 0.254 e. The number of aromatic nitrogens is 2. The molecular formula is C41H42ClN5O5. The minimum Gasteiger partial charge on any atom is -0.493 e. The van der Waals surface area contributed by atoms with E-state index in [1.54, 1.807) is 47.5 Å². The van der Waals surface area contributed by atoms with Gasteiger partial charge in [-0.3, -0.25) is 19.4 Å². The molecule has 3 aromatic carbocycles. The number of halogens is 1. The zero-order valence-corrected chi connectivity index (χ0v) is 30.2. The van der Waals surface area contributed by atoms with Crippen LogP contribution in [0.2, 0.25) is 5.02 Å². The van der Waals surface area contributed by atoms with Gasteiger partial charge in [0.05, 0.1) is 37.4 Å². The lowest BCUT2D eigenvalue weighted by Gasteiger charge is -2.39. The molecule has 2 aromatic heterocycles. The molecule has 11 heteroatoms. The second-order valence-corrected chi connectivity index (χ2v) is 14.4. The molecule has 268 valence electrons. The van der Waals surface area contributed by atoms with E-state index in [1.165, 1.54) is 0 Å². The van der Waals surface area contributed by atoms with Crippen LogP contribution in [0.3, 0.4) is 0 Å². The number of benzene rings is 3. The summed E-state index contributed by atoms with van der Waals surface area (Å²) in [6.07, 6.45) is 6.08. The first-order valence-electron chi connectivity index (χ1n) is 17.6. The second kappa shape index (κ2) is 15.1. The van der Waals surface area contributed by atoms with Crippen molar-refractivity contribution in [1.29, 1.82) is 0 Å². The Morgan fingerprint density at radius 2 is 1.73 bits per heavy atom. The summed E-state index contributed by atoms with van der Waals surface area (Å²) in [6, 6.07) is 22.8. The molecule has 52 heavy (non-hydrogen) atoms. The van der Waals surface area contributed by atoms with Crippen LogP contribution in [-0.2, 0) is 22.4 Å². The van der Waals surface area contributed by atoms with Crippen molar-refractivity contribution in [3.05, 3.63) is 119 Å². The predicted molar refractivity (Wildman–Crippen MR) is 201 cm³/mol. The molecule has 3 amide bonds. The number of anilines is 1. The first-order valence-corrected chi connectivity index (χ1v) is 18.0. The largest absolute Gasteiger partial charge is 0.493 e. The molecule has 2 unspecified atom stereocenters. The van der Waals surface area contributed by atoms with Crippen molar-refractivity contribution in [2.45, 2.75) is 32.8 Å². The van der Waals surface area contributed by atoms with E-state index in [-0.39, 0.29) is 48.6 Å². The molecule has 0 spiro atoms. The Morgan fingerprint density at radius 3 is 2.52 bits per heavy atom. The van der Waals surface area contributed by atoms with Crippen LogP contribution >= 0.6 is 11.6 Å². The highest BCUT2D eigenvalue weighted by Crippen LogP contribution is 2.38. The summed E-state index contributed by atoms with van der Waals surface area (Å²) >= 11 is 6.19. The number of nitrogens with zero attached hydrogens (tertiary/aromatic N) is 3. The maximum Gasteiger partial charge on any atom is 0.254 e. The fourth-order valence-corrected chi connectivity index (χ4v) is 7.73. The monoisotopic (exact) mass is 719 g/mol. The van der Waals surface area contributed by atoms with Crippen LogP contribution in [0.25, 0.3) is 10.9 Å². The summed E-state index contributed by atoms with van der Waals surface area (Å²) in [5, 5.41) is 4.65. The molecule has 2 aliphatic heterocycles. The number of H-pyrrole nitrogens is 1. The number of likely N-dealkylation sites (tertiary alicyclic amines) is 2. The van der Waals surface area contributed by atoms with Crippen LogP contribution < -0.4 is 14.8 Å². The fraction of sp³-hybridized carbons (Fsp3) is 0.317. The minimum atomic E-state index is -0.545. The van der Waals surface area contributed by atoms with E-state index < -0.39 is 5.92 Å². The van der Waals surface area contributed by atoms with Gasteiger partial charge in [-0.25, -0.2) is 0 Å². The van der Waals surface area contributed by atoms with E-state index in [0.717, 1.165) is 27.6 Å². The number of hydrogen-bond donors (Lipinski definition) is 2. The summed E-state index contributed by atoms with van der Waals surface area (Å²) in [5.74, 6) is -0.162. The topological polar surface area (TPSA) is 117 Å². The average Bonchev–Trinajstić information content (AvgIpc) is 3.75. The van der Waals surface area contributed by atoms with Crippen LogP contribution in [0.4, 0.5) is 5.69 Å². The van der Waals surface area contributed by atoms with Gasteiger partial charge in [-0.1, -0.05) is 48.0 Å². The molecule has 4 heterocycles. The number of ether oxygens (including phenoxy) is 2. The molecule has 5 aromatic rings. The molecule has 2 aliphatic rings. The lowest BCUT2D eigenvalue weighted by Crippen LogP contribution is -2.52. The number of nitrogens with one attached hydrogen (secondary N) is 2. The zero-order chi connectivity index (χ0) is 36.4. The van der Waals surface area contributed by atoms with Crippen molar-refractivity contribution >= 4 is 45.9 Å². The van der Waals surface area contributed by atoms with Crippen molar-refractivity contribution in [3.8, 4) is 11.5 Å². The molecule has 0 aliphatic carbocycles. The Bertz CT molecular complexity index is 2100. The molecule has 0 radical (unpaired) electrons. The number of methoxy groups -OCH3 is 1. The van der Waals surface area contributed by atoms with E-state index in [9.17, 15) is 14.4 Å². The van der Waals surface area contributed by atoms with Gasteiger partial charge in [0.2, 0.25) is 11.8 Å². The van der Waals surface area contributed by atoms with Gasteiger partial charge in [-0.2, -0.15) is 0 Å². The zero-order valence-electron chi connectivity index (χ0n) is 29.5. The highest BCUT2D eigenvalue weighted by Gasteiger charge is 2.48. The van der Waals surface area contributed by atoms with Gasteiger partial charge >= 0.3 is 0 Å². The third kappa shape index (κ3) is 7.62. The standard InChI is InChI=1S/C41H42ClN5O5/c1-25(2)52-37-12-9-28(15-38(37)51-3)41(50)47-22-30-21-46(39(48)16-29-19-44-36-17-31(42)10-11-33(29)36)24-35(34(30)23-47)40(49)45-32-14-27(18-43-20-32)13-26-7-5-4-6-8-26/h4-12,14-15,17-20,25,30,34-35,44H,13,16,21-24H2,1-3H3,(H,45,49)/t30?,34-,35?/m0/s1. The van der Waals surface area contributed by atoms with E-state index in [1.807, 2.05) is 62.5 Å². The van der Waals surface area contributed by atoms with Crippen molar-refractivity contribution in [2.75, 3.05) is 38.6 Å². The molecule has 3 atom stereocenters. The number of carbonyl (C=O) groups is 3. The van der Waals surface area contributed by atoms with Gasteiger partial charge in [-0.15, -0.1) is 0 Å². The summed E-state index contributed by atoms with van der Waals surface area (Å²) < 4.78 is 11.4. The summed E-state index contributed by atoms with van der Waals surface area (Å²) in [7, 11) is 1.55. The number of pyridine rings is 1. The number of amides is 3. The number of carbonyl (C=O) groups excluding carboxylic acids is 3. The van der Waals surface area contributed by atoms with Gasteiger partial charge in [0.15, 0.2) is 11.5 Å². The van der Waals surface area contributed by atoms with Gasteiger partial charge in [0, 0.05) is 60.1 Å². The SMILES string of the molecule is COc1cc(C(=O)N2CC3CN(C(=O)Cc4c[nH]c5cc(Cl)ccc45)CC(C(=O)Nc4cncc(Cc5ccccc5)c4)[C@H]3C2)ccc1OC(C)C. The van der Waals surface area contributed by atoms with Crippen LogP contribution in [-0.4, -0.2) is 76.9 Å². The van der Waals surface area contributed by atoms with Crippen molar-refractivity contribution in [1.82, 2.24) is 19.8 Å². The van der Waals surface area contributed by atoms with Gasteiger partial charge < -0.3 is 29.6 Å². The van der Waals surface area contributed by atoms with E-state index in [2.05, 4.69) is 27.4 Å². The average molecular weight is 720 g/mol. The van der Waals surface area contributed by atoms with Gasteiger partial charge in [0.1, 0.15) is 0 Å². The maximum atomic E-state index is 14.2. The molecule has 2 saturated heterocycles. The summed E-state index contributed by atoms with van der Waals surface area (Å²) in [5.41, 5.74) is 4.91. The maximum absolute atomic E-state index is 14.2. The highest BCUT2D eigenvalue weighted by molar-refractivity contribution is 6.31. The number of rotatable bonds is 10. The molecule has 7 rings (SSSR count). The Hall–Kier alpha value is -5.35. The quantitative estimate of drug-likeness (QED) is 0.167. The van der Waals surface area contributed by atoms with Crippen molar-refractivity contribution in [3.63, 3.8) is 0 Å². The van der Waals surface area contributed by atoms with E-state index >= 15 is 0 Å². The normalized spacial score (nSPS) is 18.4. The molecule has 0 bridgehead atoms. The van der Waals surface area contributed by atoms with Crippen LogP contribution in [0, 0.1) is 17.8 Å². The summed E-state index contributed by atoms with van der Waals surface area (Å²) in [4.78, 5) is 53.3. The van der Waals surface area contributed by atoms with E-state index in [0.29, 0.717) is 53.8 Å². The van der Waals surface area contributed by atoms with Crippen molar-refractivity contribution in [2.24, 2.45) is 17.8 Å². The highest BCUT2D eigenvalue weighted by atomic mass is 35.5. The van der Waals surface area contributed by atoms with Gasteiger partial charge in [-0.05, 0) is 85.2 Å². The number of piperidine rings is 1. The Morgan fingerprint density at radius 1 is 0.923 bits per heavy atom. The number of hydrogen-bond acceptors (Lipinski definition) is 6. The Kier molecular flexibility index (Phi) is 10.2. The third-order valence-corrected chi connectivity index (χ3v) is 10.3. The molecule has 2 N–H and O–H groups in total. The third-order valence-electron chi connectivity index (χ3n) is 10.0. The Labute approximate surface area is 308 Å². The lowest BCUT2D eigenvalue weighted by atomic mass is 9.79. The van der Waals surface area contributed by atoms with Crippen LogP contribution in [0.5, 0.6) is 11.5 Å². The fourth-order valence-electron chi connectivity index (χ4n) is 7.56. The minimum absolute atomic E-state index is 0.0533.